The Balaban J connectivity index is 2.03. The molecule has 1 N–H and O–H groups in total. The van der Waals surface area contributed by atoms with Crippen molar-refractivity contribution in [2.45, 2.75) is 44.2 Å². The Morgan fingerprint density at radius 2 is 1.61 bits per heavy atom. The predicted octanol–water partition coefficient (Wildman–Crippen LogP) is 4.89. The molecular formula is C30H36ClN3O6S. The van der Waals surface area contributed by atoms with E-state index in [1.54, 1.807) is 55.5 Å². The van der Waals surface area contributed by atoms with E-state index >= 15 is 0 Å². The summed E-state index contributed by atoms with van der Waals surface area (Å²) in [4.78, 5) is 28.4. The number of rotatable bonds is 14. The third-order valence-electron chi connectivity index (χ3n) is 6.54. The average molecular weight is 602 g/mol. The van der Waals surface area contributed by atoms with Crippen molar-refractivity contribution in [1.82, 2.24) is 10.2 Å². The van der Waals surface area contributed by atoms with Crippen LogP contribution in [0.5, 0.6) is 11.5 Å². The van der Waals surface area contributed by atoms with E-state index in [1.165, 1.54) is 43.4 Å². The summed E-state index contributed by atoms with van der Waals surface area (Å²) in [6, 6.07) is 18.5. The molecule has 220 valence electrons. The number of nitrogens with one attached hydrogen (secondary N) is 1. The van der Waals surface area contributed by atoms with E-state index in [0.717, 1.165) is 22.7 Å². The van der Waals surface area contributed by atoms with Gasteiger partial charge in [-0.05, 0) is 67.4 Å². The minimum absolute atomic E-state index is 0.0355. The van der Waals surface area contributed by atoms with Crippen molar-refractivity contribution in [3.63, 3.8) is 0 Å². The van der Waals surface area contributed by atoms with Crippen molar-refractivity contribution in [1.29, 1.82) is 0 Å². The molecule has 2 amide bonds. The van der Waals surface area contributed by atoms with Gasteiger partial charge in [0.2, 0.25) is 11.8 Å². The highest BCUT2D eigenvalue weighted by atomic mass is 35.5. The van der Waals surface area contributed by atoms with Gasteiger partial charge in [-0.1, -0.05) is 49.2 Å². The van der Waals surface area contributed by atoms with Gasteiger partial charge < -0.3 is 19.7 Å². The number of amides is 2. The summed E-state index contributed by atoms with van der Waals surface area (Å²) < 4.78 is 39.6. The fourth-order valence-electron chi connectivity index (χ4n) is 4.13. The van der Waals surface area contributed by atoms with E-state index in [4.69, 9.17) is 21.1 Å². The predicted molar refractivity (Wildman–Crippen MR) is 160 cm³/mol. The SMILES string of the molecule is CCCCNC(=O)[C@H](C)N(Cc1ccc(Cl)cc1)C(=O)CN(c1ccccc1OC)S(=O)(=O)c1ccc(OC)cc1. The maximum Gasteiger partial charge on any atom is 0.264 e. The lowest BCUT2D eigenvalue weighted by Gasteiger charge is -2.32. The van der Waals surface area contributed by atoms with E-state index < -0.39 is 28.5 Å². The number of ether oxygens (including phenoxy) is 2. The molecule has 3 aromatic carbocycles. The maximum absolute atomic E-state index is 14.0. The van der Waals surface area contributed by atoms with Gasteiger partial charge in [0.05, 0.1) is 24.8 Å². The number of carbonyl (C=O) groups excluding carboxylic acids is 2. The second-order valence-electron chi connectivity index (χ2n) is 9.33. The highest BCUT2D eigenvalue weighted by Crippen LogP contribution is 2.33. The van der Waals surface area contributed by atoms with Crippen LogP contribution in [0.1, 0.15) is 32.3 Å². The van der Waals surface area contributed by atoms with Crippen molar-refractivity contribution in [2.75, 3.05) is 31.6 Å². The number of methoxy groups -OCH3 is 2. The Kier molecular flexibility index (Phi) is 11.4. The zero-order valence-electron chi connectivity index (χ0n) is 23.7. The Morgan fingerprint density at radius 1 is 0.951 bits per heavy atom. The molecule has 0 aliphatic carbocycles. The monoisotopic (exact) mass is 601 g/mol. The van der Waals surface area contributed by atoms with Crippen LogP contribution >= 0.6 is 11.6 Å². The zero-order valence-corrected chi connectivity index (χ0v) is 25.2. The molecule has 0 spiro atoms. The van der Waals surface area contributed by atoms with Gasteiger partial charge in [0, 0.05) is 18.1 Å². The van der Waals surface area contributed by atoms with Crippen LogP contribution in [0.25, 0.3) is 0 Å². The molecule has 3 rings (SSSR count). The Labute approximate surface area is 247 Å². The summed E-state index contributed by atoms with van der Waals surface area (Å²) >= 11 is 6.05. The fraction of sp³-hybridized carbons (Fsp3) is 0.333. The normalized spacial score (nSPS) is 11.8. The van der Waals surface area contributed by atoms with Crippen LogP contribution in [0, 0.1) is 0 Å². The molecular weight excluding hydrogens is 566 g/mol. The quantitative estimate of drug-likeness (QED) is 0.264. The van der Waals surface area contributed by atoms with E-state index in [2.05, 4.69) is 5.32 Å². The molecule has 0 bridgehead atoms. The lowest BCUT2D eigenvalue weighted by Crippen LogP contribution is -2.51. The lowest BCUT2D eigenvalue weighted by molar-refractivity contribution is -0.139. The molecule has 1 atom stereocenters. The number of carbonyl (C=O) groups is 2. The summed E-state index contributed by atoms with van der Waals surface area (Å²) in [5.41, 5.74) is 0.920. The minimum Gasteiger partial charge on any atom is -0.497 e. The van der Waals surface area contributed by atoms with Gasteiger partial charge >= 0.3 is 0 Å². The number of anilines is 1. The van der Waals surface area contributed by atoms with Crippen molar-refractivity contribution in [2.24, 2.45) is 0 Å². The van der Waals surface area contributed by atoms with Crippen LogP contribution < -0.4 is 19.1 Å². The first-order valence-electron chi connectivity index (χ1n) is 13.2. The number of benzene rings is 3. The van der Waals surface area contributed by atoms with E-state index in [1.807, 2.05) is 6.92 Å². The molecule has 0 aliphatic rings. The van der Waals surface area contributed by atoms with Crippen LogP contribution in [-0.4, -0.2) is 58.5 Å². The van der Waals surface area contributed by atoms with Crippen molar-refractivity contribution in [3.05, 3.63) is 83.4 Å². The van der Waals surface area contributed by atoms with E-state index in [9.17, 15) is 18.0 Å². The highest BCUT2D eigenvalue weighted by molar-refractivity contribution is 7.92. The second-order valence-corrected chi connectivity index (χ2v) is 11.6. The van der Waals surface area contributed by atoms with Gasteiger partial charge in [-0.2, -0.15) is 0 Å². The van der Waals surface area contributed by atoms with Crippen molar-refractivity contribution >= 4 is 39.1 Å². The largest absolute Gasteiger partial charge is 0.497 e. The zero-order chi connectivity index (χ0) is 30.0. The number of hydrogen-bond donors (Lipinski definition) is 1. The summed E-state index contributed by atoms with van der Waals surface area (Å²) in [5.74, 6) is -0.142. The van der Waals surface area contributed by atoms with Crippen LogP contribution in [0.3, 0.4) is 0 Å². The van der Waals surface area contributed by atoms with Crippen LogP contribution in [-0.2, 0) is 26.2 Å². The first kappa shape index (κ1) is 31.8. The summed E-state index contributed by atoms with van der Waals surface area (Å²) in [5, 5.41) is 3.40. The lowest BCUT2D eigenvalue weighted by atomic mass is 10.1. The number of nitrogens with zero attached hydrogens (tertiary/aromatic N) is 2. The Morgan fingerprint density at radius 3 is 2.22 bits per heavy atom. The smallest absolute Gasteiger partial charge is 0.264 e. The highest BCUT2D eigenvalue weighted by Gasteiger charge is 2.33. The molecule has 41 heavy (non-hydrogen) atoms. The summed E-state index contributed by atoms with van der Waals surface area (Å²) in [7, 11) is -1.34. The molecule has 9 nitrogen and oxygen atoms in total. The third-order valence-corrected chi connectivity index (χ3v) is 8.57. The van der Waals surface area contributed by atoms with Gasteiger partial charge in [-0.15, -0.1) is 0 Å². The van der Waals surface area contributed by atoms with Gasteiger partial charge in [0.25, 0.3) is 10.0 Å². The molecule has 0 saturated heterocycles. The van der Waals surface area contributed by atoms with Gasteiger partial charge in [-0.3, -0.25) is 13.9 Å². The molecule has 0 fully saturated rings. The first-order chi connectivity index (χ1) is 19.6. The summed E-state index contributed by atoms with van der Waals surface area (Å²) in [6.07, 6.45) is 1.70. The fourth-order valence-corrected chi connectivity index (χ4v) is 5.68. The Hall–Kier alpha value is -3.76. The second kappa shape index (κ2) is 14.7. The molecule has 11 heteroatoms. The van der Waals surface area contributed by atoms with Crippen molar-refractivity contribution in [3.8, 4) is 11.5 Å². The van der Waals surface area contributed by atoms with E-state index in [0.29, 0.717) is 17.3 Å². The summed E-state index contributed by atoms with van der Waals surface area (Å²) in [6.45, 7) is 3.61. The molecule has 0 unspecified atom stereocenters. The van der Waals surface area contributed by atoms with Gasteiger partial charge in [0.15, 0.2) is 0 Å². The standard InChI is InChI=1S/C30H36ClN3O6S/c1-5-6-19-32-30(36)22(2)33(20-23-11-13-24(31)14-12-23)29(35)21-34(27-9-7-8-10-28(27)40-4)41(37,38)26-17-15-25(39-3)16-18-26/h7-18,22H,5-6,19-21H2,1-4H3,(H,32,36)/t22-/m0/s1. The van der Waals surface area contributed by atoms with Crippen LogP contribution in [0.2, 0.25) is 5.02 Å². The average Bonchev–Trinajstić information content (AvgIpc) is 2.99. The van der Waals surface area contributed by atoms with Gasteiger partial charge in [-0.25, -0.2) is 8.42 Å². The number of unbranched alkanes of at least 4 members (excludes halogenated alkanes) is 1. The number of hydrogen-bond acceptors (Lipinski definition) is 6. The molecule has 0 radical (unpaired) electrons. The molecule has 0 heterocycles. The number of para-hydroxylation sites is 2. The maximum atomic E-state index is 14.0. The van der Waals surface area contributed by atoms with Crippen LogP contribution in [0.4, 0.5) is 5.69 Å². The molecule has 3 aromatic rings. The van der Waals surface area contributed by atoms with E-state index in [-0.39, 0.29) is 28.8 Å². The first-order valence-corrected chi connectivity index (χ1v) is 15.1. The molecule has 0 aromatic heterocycles. The third kappa shape index (κ3) is 8.14. The number of halogens is 1. The topological polar surface area (TPSA) is 105 Å². The molecule has 0 saturated carbocycles. The minimum atomic E-state index is -4.25. The van der Waals surface area contributed by atoms with Crippen LogP contribution in [0.15, 0.2) is 77.7 Å². The molecule has 0 aliphatic heterocycles. The number of sulfonamides is 1. The van der Waals surface area contributed by atoms with Gasteiger partial charge in [0.1, 0.15) is 24.1 Å². The van der Waals surface area contributed by atoms with Crippen molar-refractivity contribution < 1.29 is 27.5 Å². The Bertz CT molecular complexity index is 1410.